The van der Waals surface area contributed by atoms with E-state index in [1.165, 1.54) is 0 Å². The first-order valence-corrected chi connectivity index (χ1v) is 5.59. The first-order chi connectivity index (χ1) is 8.26. The molecule has 5 nitrogen and oxygen atoms in total. The molecule has 17 heavy (non-hydrogen) atoms. The Hall–Kier alpha value is -1.88. The number of hydrogen-bond donors (Lipinski definition) is 2. The first kappa shape index (κ1) is 11.6. The lowest BCUT2D eigenvalue weighted by Gasteiger charge is -2.19. The van der Waals surface area contributed by atoms with Crippen LogP contribution < -0.4 is 0 Å². The molecule has 0 aliphatic rings. The number of H-pyrrole nitrogens is 1. The molecule has 5 heteroatoms. The molecule has 0 radical (unpaired) electrons. The zero-order chi connectivity index (χ0) is 12.3. The molecule has 0 bridgehead atoms. The summed E-state index contributed by atoms with van der Waals surface area (Å²) in [5, 5.41) is 16.6. The Kier molecular flexibility index (Phi) is 3.39. The SMILES string of the molecule is CCN(CCO)C(=O)c1ccc2[nH]ncc2c1. The van der Waals surface area contributed by atoms with Crippen LogP contribution in [-0.4, -0.2) is 45.8 Å². The van der Waals surface area contributed by atoms with E-state index in [-0.39, 0.29) is 12.5 Å². The second-order valence-corrected chi connectivity index (χ2v) is 3.78. The van der Waals surface area contributed by atoms with Gasteiger partial charge in [0.1, 0.15) is 0 Å². The Labute approximate surface area is 99.1 Å². The highest BCUT2D eigenvalue weighted by Gasteiger charge is 2.13. The van der Waals surface area contributed by atoms with Crippen LogP contribution >= 0.6 is 0 Å². The van der Waals surface area contributed by atoms with Crippen LogP contribution in [0.3, 0.4) is 0 Å². The number of aliphatic hydroxyl groups excluding tert-OH is 1. The maximum atomic E-state index is 12.1. The van der Waals surface area contributed by atoms with Crippen molar-refractivity contribution in [3.63, 3.8) is 0 Å². The Balaban J connectivity index is 2.28. The third-order valence-electron chi connectivity index (χ3n) is 2.73. The summed E-state index contributed by atoms with van der Waals surface area (Å²) in [6.45, 7) is 2.82. The minimum atomic E-state index is -0.0651. The second kappa shape index (κ2) is 4.97. The Morgan fingerprint density at radius 1 is 1.53 bits per heavy atom. The van der Waals surface area contributed by atoms with Gasteiger partial charge in [0.25, 0.3) is 5.91 Å². The van der Waals surface area contributed by atoms with E-state index in [0.717, 1.165) is 10.9 Å². The largest absolute Gasteiger partial charge is 0.395 e. The normalized spacial score (nSPS) is 10.7. The highest BCUT2D eigenvalue weighted by Crippen LogP contribution is 2.14. The summed E-state index contributed by atoms with van der Waals surface area (Å²) in [5.74, 6) is -0.0651. The highest BCUT2D eigenvalue weighted by molar-refractivity contribution is 5.97. The summed E-state index contributed by atoms with van der Waals surface area (Å²) in [5.41, 5.74) is 1.53. The van der Waals surface area contributed by atoms with Gasteiger partial charge in [-0.15, -0.1) is 0 Å². The zero-order valence-electron chi connectivity index (χ0n) is 9.68. The van der Waals surface area contributed by atoms with Gasteiger partial charge < -0.3 is 10.0 Å². The lowest BCUT2D eigenvalue weighted by Crippen LogP contribution is -2.33. The number of aromatic amines is 1. The van der Waals surface area contributed by atoms with E-state index in [1.54, 1.807) is 23.2 Å². The van der Waals surface area contributed by atoms with Crippen molar-refractivity contribution in [2.24, 2.45) is 0 Å². The Morgan fingerprint density at radius 2 is 2.35 bits per heavy atom. The van der Waals surface area contributed by atoms with Crippen molar-refractivity contribution in [1.82, 2.24) is 15.1 Å². The van der Waals surface area contributed by atoms with Crippen LogP contribution in [0.2, 0.25) is 0 Å². The average molecular weight is 233 g/mol. The molecule has 1 aromatic carbocycles. The number of likely N-dealkylation sites (N-methyl/N-ethyl adjacent to an activating group) is 1. The van der Waals surface area contributed by atoms with Crippen molar-refractivity contribution in [1.29, 1.82) is 0 Å². The number of carbonyl (C=O) groups excluding carboxylic acids is 1. The van der Waals surface area contributed by atoms with Gasteiger partial charge in [-0.2, -0.15) is 5.10 Å². The van der Waals surface area contributed by atoms with Crippen molar-refractivity contribution in [2.75, 3.05) is 19.7 Å². The average Bonchev–Trinajstić information content (AvgIpc) is 2.82. The number of nitrogens with zero attached hydrogens (tertiary/aromatic N) is 2. The van der Waals surface area contributed by atoms with Gasteiger partial charge in [-0.3, -0.25) is 9.89 Å². The van der Waals surface area contributed by atoms with Crippen LogP contribution in [0.5, 0.6) is 0 Å². The number of fused-ring (bicyclic) bond motifs is 1. The zero-order valence-corrected chi connectivity index (χ0v) is 9.68. The van der Waals surface area contributed by atoms with Gasteiger partial charge in [0.05, 0.1) is 18.3 Å². The van der Waals surface area contributed by atoms with Crippen molar-refractivity contribution in [2.45, 2.75) is 6.92 Å². The molecular formula is C12H15N3O2. The highest BCUT2D eigenvalue weighted by atomic mass is 16.3. The van der Waals surface area contributed by atoms with E-state index in [1.807, 2.05) is 13.0 Å². The van der Waals surface area contributed by atoms with Crippen molar-refractivity contribution in [3.8, 4) is 0 Å². The molecule has 1 heterocycles. The van der Waals surface area contributed by atoms with E-state index in [2.05, 4.69) is 10.2 Å². The summed E-state index contributed by atoms with van der Waals surface area (Å²) >= 11 is 0. The molecule has 0 spiro atoms. The fourth-order valence-electron chi connectivity index (χ4n) is 1.78. The van der Waals surface area contributed by atoms with Crippen LogP contribution in [-0.2, 0) is 0 Å². The third-order valence-corrected chi connectivity index (χ3v) is 2.73. The quantitative estimate of drug-likeness (QED) is 0.828. The Bertz CT molecular complexity index is 521. The molecule has 0 unspecified atom stereocenters. The minimum Gasteiger partial charge on any atom is -0.395 e. The molecule has 1 amide bonds. The maximum Gasteiger partial charge on any atom is 0.253 e. The van der Waals surface area contributed by atoms with E-state index in [4.69, 9.17) is 5.11 Å². The van der Waals surface area contributed by atoms with Crippen LogP contribution in [0.25, 0.3) is 10.9 Å². The van der Waals surface area contributed by atoms with E-state index in [9.17, 15) is 4.79 Å². The number of nitrogens with one attached hydrogen (secondary N) is 1. The van der Waals surface area contributed by atoms with Gasteiger partial charge in [0.15, 0.2) is 0 Å². The molecule has 2 rings (SSSR count). The summed E-state index contributed by atoms with van der Waals surface area (Å²) in [7, 11) is 0. The standard InChI is InChI=1S/C12H15N3O2/c1-2-15(5-6-16)12(17)9-3-4-11-10(7-9)8-13-14-11/h3-4,7-8,16H,2,5-6H2,1H3,(H,13,14). The number of aliphatic hydroxyl groups is 1. The molecule has 0 saturated carbocycles. The van der Waals surface area contributed by atoms with Crippen LogP contribution in [0.1, 0.15) is 17.3 Å². The lowest BCUT2D eigenvalue weighted by molar-refractivity contribution is 0.0732. The van der Waals surface area contributed by atoms with Gasteiger partial charge in [-0.1, -0.05) is 0 Å². The molecule has 0 aliphatic heterocycles. The summed E-state index contributed by atoms with van der Waals surface area (Å²) in [4.78, 5) is 13.7. The third kappa shape index (κ3) is 2.29. The predicted octanol–water partition coefficient (Wildman–Crippen LogP) is 1.02. The molecule has 0 atom stereocenters. The fraction of sp³-hybridized carbons (Fsp3) is 0.333. The number of benzene rings is 1. The smallest absolute Gasteiger partial charge is 0.253 e. The van der Waals surface area contributed by atoms with Gasteiger partial charge in [-0.05, 0) is 25.1 Å². The molecule has 2 N–H and O–H groups in total. The second-order valence-electron chi connectivity index (χ2n) is 3.78. The van der Waals surface area contributed by atoms with E-state index in [0.29, 0.717) is 18.7 Å². The van der Waals surface area contributed by atoms with Gasteiger partial charge in [0, 0.05) is 24.0 Å². The molecular weight excluding hydrogens is 218 g/mol. The number of hydrogen-bond acceptors (Lipinski definition) is 3. The molecule has 0 fully saturated rings. The molecule has 0 aliphatic carbocycles. The molecule has 0 saturated heterocycles. The summed E-state index contributed by atoms with van der Waals surface area (Å²) in [6.07, 6.45) is 1.69. The summed E-state index contributed by atoms with van der Waals surface area (Å²) in [6, 6.07) is 5.41. The summed E-state index contributed by atoms with van der Waals surface area (Å²) < 4.78 is 0. The number of rotatable bonds is 4. The first-order valence-electron chi connectivity index (χ1n) is 5.59. The van der Waals surface area contributed by atoms with Crippen LogP contribution in [0.4, 0.5) is 0 Å². The topological polar surface area (TPSA) is 69.2 Å². The molecule has 2 aromatic rings. The predicted molar refractivity (Wildman–Crippen MR) is 64.8 cm³/mol. The van der Waals surface area contributed by atoms with Crippen molar-refractivity contribution >= 4 is 16.8 Å². The monoisotopic (exact) mass is 233 g/mol. The van der Waals surface area contributed by atoms with Gasteiger partial charge in [0.2, 0.25) is 0 Å². The van der Waals surface area contributed by atoms with Crippen LogP contribution in [0, 0.1) is 0 Å². The minimum absolute atomic E-state index is 0.0203. The van der Waals surface area contributed by atoms with Crippen LogP contribution in [0.15, 0.2) is 24.4 Å². The number of amides is 1. The van der Waals surface area contributed by atoms with Gasteiger partial charge in [-0.25, -0.2) is 0 Å². The number of carbonyl (C=O) groups is 1. The lowest BCUT2D eigenvalue weighted by atomic mass is 10.1. The van der Waals surface area contributed by atoms with Gasteiger partial charge >= 0.3 is 0 Å². The maximum absolute atomic E-state index is 12.1. The number of aromatic nitrogens is 2. The fourth-order valence-corrected chi connectivity index (χ4v) is 1.78. The van der Waals surface area contributed by atoms with Crippen molar-refractivity contribution in [3.05, 3.63) is 30.0 Å². The molecule has 90 valence electrons. The van der Waals surface area contributed by atoms with E-state index < -0.39 is 0 Å². The molecule has 1 aromatic heterocycles. The van der Waals surface area contributed by atoms with E-state index >= 15 is 0 Å². The van der Waals surface area contributed by atoms with Crippen molar-refractivity contribution < 1.29 is 9.90 Å². The Morgan fingerprint density at radius 3 is 3.06 bits per heavy atom.